The Kier molecular flexibility index (Phi) is 5.88. The molecule has 1 aliphatic heterocycles. The molecule has 2 aromatic rings. The molecule has 1 heterocycles. The molecule has 1 atom stereocenters. The number of aryl methyl sites for hydroxylation is 1. The second-order valence-electron chi connectivity index (χ2n) is 7.23. The van der Waals surface area contributed by atoms with E-state index in [1.165, 1.54) is 16.6 Å². The maximum atomic E-state index is 12.4. The highest BCUT2D eigenvalue weighted by Crippen LogP contribution is 2.34. The van der Waals surface area contributed by atoms with Crippen LogP contribution in [-0.4, -0.2) is 39.1 Å². The number of ketones is 1. The van der Waals surface area contributed by atoms with Crippen LogP contribution in [0.2, 0.25) is 0 Å². The first-order valence-corrected chi connectivity index (χ1v) is 11.1. The molecule has 0 N–H and O–H groups in total. The Hall–Kier alpha value is -2.93. The quantitative estimate of drug-likeness (QED) is 0.413. The number of sulfonamides is 1. The van der Waals surface area contributed by atoms with E-state index in [4.69, 9.17) is 4.74 Å². The molecule has 152 valence electrons. The van der Waals surface area contributed by atoms with Gasteiger partial charge in [-0.15, -0.1) is 0 Å². The lowest BCUT2D eigenvalue weighted by molar-refractivity contribution is -0.136. The number of anilines is 1. The number of nitrogens with zero attached hydrogens (tertiary/aromatic N) is 1. The molecule has 0 saturated heterocycles. The van der Waals surface area contributed by atoms with Gasteiger partial charge in [0.25, 0.3) is 0 Å². The van der Waals surface area contributed by atoms with Crippen LogP contribution in [0.5, 0.6) is 0 Å². The van der Waals surface area contributed by atoms with Gasteiger partial charge in [0.15, 0.2) is 12.4 Å². The third-order valence-electron chi connectivity index (χ3n) is 4.75. The molecule has 2 aromatic carbocycles. The van der Waals surface area contributed by atoms with Crippen LogP contribution in [0.1, 0.15) is 34.0 Å². The summed E-state index contributed by atoms with van der Waals surface area (Å²) in [6, 6.07) is 12.3. The first kappa shape index (κ1) is 20.8. The first-order chi connectivity index (χ1) is 13.6. The van der Waals surface area contributed by atoms with Crippen molar-refractivity contribution in [2.24, 2.45) is 0 Å². The number of benzene rings is 2. The van der Waals surface area contributed by atoms with Gasteiger partial charge in [-0.25, -0.2) is 13.2 Å². The molecular weight excluding hydrogens is 390 g/mol. The van der Waals surface area contributed by atoms with E-state index < -0.39 is 16.0 Å². The highest BCUT2D eigenvalue weighted by Gasteiger charge is 2.32. The number of fused-ring (bicyclic) bond motifs is 1. The fraction of sp³-hybridized carbons (Fsp3) is 0.273. The molecule has 0 radical (unpaired) electrons. The number of hydrogen-bond donors (Lipinski definition) is 0. The lowest BCUT2D eigenvalue weighted by Gasteiger charge is -2.21. The van der Waals surface area contributed by atoms with Crippen molar-refractivity contribution in [2.75, 3.05) is 17.2 Å². The molecule has 0 spiro atoms. The third kappa shape index (κ3) is 4.92. The second kappa shape index (κ2) is 8.21. The molecule has 0 amide bonds. The standard InChI is InChI=1S/C22H23NO5S/c1-15-4-6-17(7-5-15)8-11-22(25)28-14-21(24)18-9-10-20-19(13-18)12-16(2)23(20)29(3,26)27/h4-11,13,16H,12,14H2,1-3H3/b11-8+/t16-/m1/s1. The number of rotatable bonds is 6. The molecule has 0 saturated carbocycles. The fourth-order valence-electron chi connectivity index (χ4n) is 3.39. The summed E-state index contributed by atoms with van der Waals surface area (Å²) >= 11 is 0. The van der Waals surface area contributed by atoms with E-state index in [0.29, 0.717) is 17.7 Å². The molecule has 29 heavy (non-hydrogen) atoms. The number of Topliss-reactive ketones (excluding diaryl/α,β-unsaturated/α-hetero) is 1. The Labute approximate surface area is 170 Å². The number of esters is 1. The third-order valence-corrected chi connectivity index (χ3v) is 6.02. The maximum absolute atomic E-state index is 12.4. The van der Waals surface area contributed by atoms with Crippen LogP contribution in [0.3, 0.4) is 0 Å². The van der Waals surface area contributed by atoms with Crippen molar-refractivity contribution < 1.29 is 22.7 Å². The van der Waals surface area contributed by atoms with Gasteiger partial charge in [-0.3, -0.25) is 9.10 Å². The van der Waals surface area contributed by atoms with Crippen molar-refractivity contribution in [2.45, 2.75) is 26.3 Å². The maximum Gasteiger partial charge on any atom is 0.331 e. The minimum Gasteiger partial charge on any atom is -0.454 e. The van der Waals surface area contributed by atoms with Gasteiger partial charge in [-0.05, 0) is 55.7 Å². The summed E-state index contributed by atoms with van der Waals surface area (Å²) in [7, 11) is -3.38. The van der Waals surface area contributed by atoms with Gasteiger partial charge in [0.1, 0.15) is 0 Å². The largest absolute Gasteiger partial charge is 0.454 e. The van der Waals surface area contributed by atoms with Gasteiger partial charge < -0.3 is 4.74 Å². The zero-order valence-electron chi connectivity index (χ0n) is 16.6. The van der Waals surface area contributed by atoms with Gasteiger partial charge >= 0.3 is 5.97 Å². The van der Waals surface area contributed by atoms with Crippen LogP contribution in [-0.2, 0) is 26.0 Å². The van der Waals surface area contributed by atoms with E-state index in [2.05, 4.69) is 0 Å². The van der Waals surface area contributed by atoms with E-state index >= 15 is 0 Å². The van der Waals surface area contributed by atoms with Crippen molar-refractivity contribution in [3.63, 3.8) is 0 Å². The Balaban J connectivity index is 1.62. The average Bonchev–Trinajstić information content (AvgIpc) is 3.00. The molecule has 0 aliphatic carbocycles. The molecule has 1 aliphatic rings. The summed E-state index contributed by atoms with van der Waals surface area (Å²) in [5, 5.41) is 0. The molecule has 0 bridgehead atoms. The smallest absolute Gasteiger partial charge is 0.331 e. The van der Waals surface area contributed by atoms with Gasteiger partial charge in [0.05, 0.1) is 11.9 Å². The van der Waals surface area contributed by atoms with Gasteiger partial charge in [-0.1, -0.05) is 29.8 Å². The zero-order chi connectivity index (χ0) is 21.2. The molecule has 0 fully saturated rings. The van der Waals surface area contributed by atoms with Crippen molar-refractivity contribution >= 4 is 33.5 Å². The van der Waals surface area contributed by atoms with Crippen molar-refractivity contribution in [3.8, 4) is 0 Å². The molecule has 3 rings (SSSR count). The summed E-state index contributed by atoms with van der Waals surface area (Å²) in [4.78, 5) is 24.3. The Morgan fingerprint density at radius 1 is 1.17 bits per heavy atom. The molecule has 6 nitrogen and oxygen atoms in total. The molecule has 0 unspecified atom stereocenters. The zero-order valence-corrected chi connectivity index (χ0v) is 17.4. The van der Waals surface area contributed by atoms with Crippen molar-refractivity contribution in [3.05, 3.63) is 70.8 Å². The Morgan fingerprint density at radius 3 is 2.52 bits per heavy atom. The van der Waals surface area contributed by atoms with Crippen LogP contribution in [0.15, 0.2) is 48.5 Å². The van der Waals surface area contributed by atoms with Gasteiger partial charge in [0.2, 0.25) is 10.0 Å². The monoisotopic (exact) mass is 413 g/mol. The molecule has 0 aromatic heterocycles. The number of ether oxygens (including phenoxy) is 1. The second-order valence-corrected chi connectivity index (χ2v) is 9.09. The summed E-state index contributed by atoms with van der Waals surface area (Å²) < 4.78 is 30.4. The van der Waals surface area contributed by atoms with Crippen molar-refractivity contribution in [1.82, 2.24) is 0 Å². The average molecular weight is 413 g/mol. The van der Waals surface area contributed by atoms with E-state index in [9.17, 15) is 18.0 Å². The van der Waals surface area contributed by atoms with E-state index in [1.807, 2.05) is 38.1 Å². The van der Waals surface area contributed by atoms with Crippen LogP contribution in [0, 0.1) is 6.92 Å². The topological polar surface area (TPSA) is 80.8 Å². The van der Waals surface area contributed by atoms with E-state index in [-0.39, 0.29) is 18.4 Å². The Morgan fingerprint density at radius 2 is 1.86 bits per heavy atom. The Bertz CT molecular complexity index is 1070. The summed E-state index contributed by atoms with van der Waals surface area (Å²) in [5.74, 6) is -0.938. The lowest BCUT2D eigenvalue weighted by atomic mass is 10.0. The van der Waals surface area contributed by atoms with E-state index in [1.54, 1.807) is 24.3 Å². The summed E-state index contributed by atoms with van der Waals surface area (Å²) in [5.41, 5.74) is 3.76. The minimum atomic E-state index is -3.38. The predicted octanol–water partition coefficient (Wildman–Crippen LogP) is 3.14. The minimum absolute atomic E-state index is 0.199. The number of hydrogen-bond acceptors (Lipinski definition) is 5. The lowest BCUT2D eigenvalue weighted by Crippen LogP contribution is -2.34. The van der Waals surface area contributed by atoms with Crippen molar-refractivity contribution in [1.29, 1.82) is 0 Å². The van der Waals surface area contributed by atoms with Crippen LogP contribution in [0.25, 0.3) is 6.08 Å². The van der Waals surface area contributed by atoms with E-state index in [0.717, 1.165) is 16.7 Å². The van der Waals surface area contributed by atoms with Crippen LogP contribution < -0.4 is 4.31 Å². The van der Waals surface area contributed by atoms with Gasteiger partial charge in [0, 0.05) is 17.7 Å². The highest BCUT2D eigenvalue weighted by atomic mass is 32.2. The summed E-state index contributed by atoms with van der Waals surface area (Å²) in [6.45, 7) is 3.43. The number of carbonyl (C=O) groups is 2. The van der Waals surface area contributed by atoms with Crippen LogP contribution in [0.4, 0.5) is 5.69 Å². The predicted molar refractivity (Wildman–Crippen MR) is 112 cm³/mol. The van der Waals surface area contributed by atoms with Gasteiger partial charge in [-0.2, -0.15) is 0 Å². The normalized spacial score (nSPS) is 16.1. The SMILES string of the molecule is Cc1ccc(/C=C/C(=O)OCC(=O)c2ccc3c(c2)C[C@@H](C)N3S(C)(=O)=O)cc1. The highest BCUT2D eigenvalue weighted by molar-refractivity contribution is 7.92. The molecule has 7 heteroatoms. The summed E-state index contributed by atoms with van der Waals surface area (Å²) in [6.07, 6.45) is 4.61. The van der Waals surface area contributed by atoms with Crippen LogP contribution >= 0.6 is 0 Å². The number of carbonyl (C=O) groups excluding carboxylic acids is 2. The fourth-order valence-corrected chi connectivity index (χ4v) is 4.66. The molecular formula is C22H23NO5S. The first-order valence-electron chi connectivity index (χ1n) is 9.22.